The fraction of sp³-hybridized carbons (Fsp3) is 0.196. The van der Waals surface area contributed by atoms with Crippen molar-refractivity contribution in [2.24, 2.45) is 0 Å². The van der Waals surface area contributed by atoms with Crippen LogP contribution in [-0.4, -0.2) is 24.6 Å². The van der Waals surface area contributed by atoms with Crippen LogP contribution >= 0.6 is 21.6 Å². The summed E-state index contributed by atoms with van der Waals surface area (Å²) < 4.78 is 2.29. The SMILES string of the molecule is CC=C(C=Cc1ccc(NCCSSCCNc2ccc(C=Cc3cc[n+](Cc4ccccc4)c(C)c3)cc2)cc1)C=C(C)NCc1ccccc1. The average Bonchev–Trinajstić information content (AvgIpc) is 3.18. The highest BCUT2D eigenvalue weighted by molar-refractivity contribution is 8.76. The lowest BCUT2D eigenvalue weighted by molar-refractivity contribution is -0.694. The van der Waals surface area contributed by atoms with Crippen LogP contribution in [0.3, 0.4) is 0 Å². The number of rotatable bonds is 19. The third kappa shape index (κ3) is 13.7. The Hall–Kier alpha value is -4.91. The number of allylic oxidation sites excluding steroid dienone is 5. The number of nitrogens with zero attached hydrogens (tertiary/aromatic N) is 1. The second kappa shape index (κ2) is 21.5. The molecule has 0 amide bonds. The van der Waals surface area contributed by atoms with Crippen LogP contribution in [0.2, 0.25) is 0 Å². The molecular formula is C46H51N4S2+. The molecule has 5 aromatic rings. The van der Waals surface area contributed by atoms with E-state index in [-0.39, 0.29) is 0 Å². The van der Waals surface area contributed by atoms with Crippen LogP contribution in [0.15, 0.2) is 157 Å². The lowest BCUT2D eigenvalue weighted by Gasteiger charge is -2.08. The summed E-state index contributed by atoms with van der Waals surface area (Å²) >= 11 is 0. The number of aromatic nitrogens is 1. The van der Waals surface area contributed by atoms with Gasteiger partial charge in [-0.15, -0.1) is 0 Å². The van der Waals surface area contributed by atoms with Crippen molar-refractivity contribution in [1.29, 1.82) is 0 Å². The Bertz CT molecular complexity index is 1910. The highest BCUT2D eigenvalue weighted by atomic mass is 33.1. The van der Waals surface area contributed by atoms with Crippen LogP contribution in [0.5, 0.6) is 0 Å². The van der Waals surface area contributed by atoms with Gasteiger partial charge in [0.1, 0.15) is 0 Å². The van der Waals surface area contributed by atoms with Crippen molar-refractivity contribution >= 4 is 51.2 Å². The summed E-state index contributed by atoms with van der Waals surface area (Å²) in [5, 5.41) is 10.6. The topological polar surface area (TPSA) is 40.0 Å². The first-order chi connectivity index (χ1) is 25.5. The third-order valence-corrected chi connectivity index (χ3v) is 10.9. The minimum Gasteiger partial charge on any atom is -0.384 e. The summed E-state index contributed by atoms with van der Waals surface area (Å²) in [4.78, 5) is 0. The molecule has 0 aliphatic carbocycles. The molecule has 0 fully saturated rings. The second-order valence-electron chi connectivity index (χ2n) is 12.6. The maximum atomic E-state index is 3.55. The Balaban J connectivity index is 0.930. The third-order valence-electron chi connectivity index (χ3n) is 8.47. The van der Waals surface area contributed by atoms with Gasteiger partial charge in [0.25, 0.3) is 0 Å². The fourth-order valence-corrected chi connectivity index (χ4v) is 7.31. The van der Waals surface area contributed by atoms with Crippen molar-refractivity contribution < 1.29 is 4.57 Å². The molecule has 0 aliphatic heterocycles. The van der Waals surface area contributed by atoms with Crippen molar-refractivity contribution in [2.45, 2.75) is 33.9 Å². The maximum absolute atomic E-state index is 3.55. The van der Waals surface area contributed by atoms with E-state index in [0.717, 1.165) is 54.8 Å². The van der Waals surface area contributed by atoms with Gasteiger partial charge in [0.05, 0.1) is 0 Å². The Kier molecular flexibility index (Phi) is 15.8. The molecule has 0 saturated carbocycles. The summed E-state index contributed by atoms with van der Waals surface area (Å²) in [6, 6.07) is 42.8. The molecule has 1 aromatic heterocycles. The summed E-state index contributed by atoms with van der Waals surface area (Å²) in [5.41, 5.74) is 12.1. The molecule has 0 spiro atoms. The zero-order valence-corrected chi connectivity index (χ0v) is 32.2. The zero-order chi connectivity index (χ0) is 36.2. The van der Waals surface area contributed by atoms with E-state index in [1.165, 1.54) is 39.1 Å². The van der Waals surface area contributed by atoms with E-state index in [9.17, 15) is 0 Å². The molecule has 5 rings (SSSR count). The lowest BCUT2D eigenvalue weighted by Crippen LogP contribution is -2.37. The summed E-state index contributed by atoms with van der Waals surface area (Å²) in [6.07, 6.45) is 15.2. The minimum atomic E-state index is 0.827. The molecule has 0 unspecified atom stereocenters. The highest BCUT2D eigenvalue weighted by Gasteiger charge is 2.07. The van der Waals surface area contributed by atoms with Gasteiger partial charge >= 0.3 is 0 Å². The molecule has 0 radical (unpaired) electrons. The van der Waals surface area contributed by atoms with Gasteiger partial charge in [0, 0.05) is 72.8 Å². The monoisotopic (exact) mass is 723 g/mol. The van der Waals surface area contributed by atoms with E-state index in [1.54, 1.807) is 0 Å². The smallest absolute Gasteiger partial charge is 0.179 e. The van der Waals surface area contributed by atoms with E-state index in [1.807, 2.05) is 27.7 Å². The lowest BCUT2D eigenvalue weighted by atomic mass is 10.1. The quantitative estimate of drug-likeness (QED) is 0.0342. The van der Waals surface area contributed by atoms with Gasteiger partial charge in [-0.3, -0.25) is 0 Å². The van der Waals surface area contributed by atoms with Crippen molar-refractivity contribution in [2.75, 3.05) is 35.2 Å². The van der Waals surface area contributed by atoms with E-state index in [4.69, 9.17) is 0 Å². The molecule has 0 saturated heterocycles. The molecule has 52 heavy (non-hydrogen) atoms. The van der Waals surface area contributed by atoms with Crippen molar-refractivity contribution in [3.8, 4) is 0 Å². The van der Waals surface area contributed by atoms with Gasteiger partial charge in [-0.25, -0.2) is 0 Å². The Morgan fingerprint density at radius 2 is 1.21 bits per heavy atom. The Morgan fingerprint density at radius 3 is 1.79 bits per heavy atom. The predicted octanol–water partition coefficient (Wildman–Crippen LogP) is 11.1. The number of aryl methyl sites for hydroxylation is 1. The Morgan fingerprint density at radius 1 is 0.654 bits per heavy atom. The molecule has 3 N–H and O–H groups in total. The molecule has 0 aliphatic rings. The van der Waals surface area contributed by atoms with Crippen LogP contribution in [0.1, 0.15) is 47.4 Å². The van der Waals surface area contributed by atoms with Crippen molar-refractivity contribution in [3.63, 3.8) is 0 Å². The normalized spacial score (nSPS) is 12.1. The largest absolute Gasteiger partial charge is 0.384 e. The van der Waals surface area contributed by atoms with Gasteiger partial charge < -0.3 is 16.0 Å². The number of anilines is 2. The number of nitrogens with one attached hydrogen (secondary N) is 3. The molecular weight excluding hydrogens is 673 g/mol. The van der Waals surface area contributed by atoms with Crippen LogP contribution in [-0.2, 0) is 13.1 Å². The van der Waals surface area contributed by atoms with Gasteiger partial charge in [0.15, 0.2) is 18.4 Å². The van der Waals surface area contributed by atoms with Gasteiger partial charge in [-0.2, -0.15) is 4.57 Å². The number of hydrogen-bond acceptors (Lipinski definition) is 5. The summed E-state index contributed by atoms with van der Waals surface area (Å²) in [6.45, 7) is 9.95. The highest BCUT2D eigenvalue weighted by Crippen LogP contribution is 2.21. The average molecular weight is 724 g/mol. The summed E-state index contributed by atoms with van der Waals surface area (Å²) in [5.74, 6) is 2.10. The van der Waals surface area contributed by atoms with E-state index in [0.29, 0.717) is 0 Å². The predicted molar refractivity (Wildman–Crippen MR) is 230 cm³/mol. The van der Waals surface area contributed by atoms with Crippen molar-refractivity contribution in [3.05, 3.63) is 191 Å². The number of pyridine rings is 1. The first-order valence-corrected chi connectivity index (χ1v) is 20.5. The molecule has 4 aromatic carbocycles. The van der Waals surface area contributed by atoms with E-state index in [2.05, 4.69) is 199 Å². The molecule has 4 nitrogen and oxygen atoms in total. The zero-order valence-electron chi connectivity index (χ0n) is 30.6. The van der Waals surface area contributed by atoms with Crippen LogP contribution in [0.25, 0.3) is 18.2 Å². The van der Waals surface area contributed by atoms with Crippen LogP contribution in [0.4, 0.5) is 11.4 Å². The standard InChI is InChI=1S/C46H50N4S2/c1-4-39(33-37(2)49-35-43-11-7-5-8-12-43)15-16-40-19-23-45(24-20-40)47-28-31-51-52-32-29-48-46-25-21-41(22-26-46)17-18-42-27-30-50(38(3)34-42)36-44-13-9-6-10-14-44/h4-27,30,33-34,47,49H,28-29,31-32,35-36H2,1-3H3/p+1. The number of benzene rings is 4. The molecule has 1 heterocycles. The first-order valence-electron chi connectivity index (χ1n) is 18.0. The van der Waals surface area contributed by atoms with Crippen LogP contribution in [0, 0.1) is 6.92 Å². The maximum Gasteiger partial charge on any atom is 0.179 e. The van der Waals surface area contributed by atoms with Gasteiger partial charge in [-0.05, 0) is 72.0 Å². The van der Waals surface area contributed by atoms with Crippen molar-refractivity contribution in [1.82, 2.24) is 5.32 Å². The fourth-order valence-electron chi connectivity index (χ4n) is 5.49. The van der Waals surface area contributed by atoms with Gasteiger partial charge in [-0.1, -0.05) is 137 Å². The summed E-state index contributed by atoms with van der Waals surface area (Å²) in [7, 11) is 3.83. The molecule has 6 heteroatoms. The van der Waals surface area contributed by atoms with Gasteiger partial charge in [0.2, 0.25) is 0 Å². The Labute approximate surface area is 319 Å². The molecule has 0 bridgehead atoms. The van der Waals surface area contributed by atoms with E-state index < -0.39 is 0 Å². The van der Waals surface area contributed by atoms with Crippen LogP contribution < -0.4 is 20.5 Å². The second-order valence-corrected chi connectivity index (χ2v) is 15.3. The number of hydrogen-bond donors (Lipinski definition) is 3. The minimum absolute atomic E-state index is 0.827. The molecule has 266 valence electrons. The molecule has 0 atom stereocenters. The van der Waals surface area contributed by atoms with E-state index >= 15 is 0 Å². The first kappa shape index (κ1) is 38.3.